The van der Waals surface area contributed by atoms with Gasteiger partial charge in [-0.1, -0.05) is 19.6 Å². The number of aromatic nitrogens is 2. The minimum absolute atomic E-state index is 0. The average Bonchev–Trinajstić information content (AvgIpc) is 3.09. The summed E-state index contributed by atoms with van der Waals surface area (Å²) < 4.78 is 23.4. The van der Waals surface area contributed by atoms with Crippen molar-refractivity contribution in [2.24, 2.45) is 0 Å². The van der Waals surface area contributed by atoms with E-state index < -0.39 is 21.2 Å². The van der Waals surface area contributed by atoms with Crippen molar-refractivity contribution >= 4 is 21.2 Å². The molecule has 0 bridgehead atoms. The number of carboxylic acids is 1. The number of nitrogens with zero attached hydrogens (tertiary/aromatic N) is 2. The monoisotopic (exact) mass is 442 g/mol. The Morgan fingerprint density at radius 1 is 1.40 bits per heavy atom. The average molecular weight is 442 g/mol. The van der Waals surface area contributed by atoms with Gasteiger partial charge in [-0.2, -0.15) is 5.10 Å². The molecule has 0 amide bonds. The number of carbonyl (C=O) groups excluding carboxylic acids is 1. The molecule has 0 fully saturated rings. The third-order valence-electron chi connectivity index (χ3n) is 4.22. The van der Waals surface area contributed by atoms with Gasteiger partial charge in [0.1, 0.15) is 25.6 Å². The number of carbonyl (C=O) groups is 1. The first-order valence-corrected chi connectivity index (χ1v) is 13.0. The fraction of sp³-hybridized carbons (Fsp3) is 0.444. The smallest absolute Gasteiger partial charge is 0.545 e. The molecular weight excluding hydrogens is 418 g/mol. The quantitative estimate of drug-likeness (QED) is 0.348. The van der Waals surface area contributed by atoms with E-state index in [1.165, 1.54) is 12.1 Å². The second-order valence-corrected chi connectivity index (χ2v) is 13.6. The van der Waals surface area contributed by atoms with E-state index in [9.17, 15) is 14.9 Å². The first-order chi connectivity index (χ1) is 13.7. The van der Waals surface area contributed by atoms with Gasteiger partial charge in [-0.3, -0.25) is 0 Å². The van der Waals surface area contributed by atoms with Gasteiger partial charge in [0.05, 0.1) is 17.7 Å². The van der Waals surface area contributed by atoms with Gasteiger partial charge in [-0.05, 0) is 18.2 Å². The number of hydrogen-bond donors (Lipinski definition) is 1. The fourth-order valence-corrected chi connectivity index (χ4v) is 3.43. The second-order valence-electron chi connectivity index (χ2n) is 7.96. The van der Waals surface area contributed by atoms with Gasteiger partial charge < -0.3 is 33.8 Å². The van der Waals surface area contributed by atoms with Crippen LogP contribution in [0.1, 0.15) is 15.9 Å². The Hall–Kier alpha value is -1.50. The fourth-order valence-electron chi connectivity index (χ4n) is 2.67. The maximum Gasteiger partial charge on any atom is 1.00 e. The zero-order valence-electron chi connectivity index (χ0n) is 17.7. The van der Waals surface area contributed by atoms with Crippen LogP contribution in [0.25, 0.3) is 0 Å². The summed E-state index contributed by atoms with van der Waals surface area (Å²) in [6.45, 7) is 7.92. The molecule has 2 aromatic rings. The molecule has 1 aromatic carbocycles. The van der Waals surface area contributed by atoms with E-state index in [1.807, 2.05) is 0 Å². The van der Waals surface area contributed by atoms with Crippen molar-refractivity contribution in [3.05, 3.63) is 35.7 Å². The van der Waals surface area contributed by atoms with Crippen LogP contribution in [-0.4, -0.2) is 49.1 Å². The summed E-state index contributed by atoms with van der Waals surface area (Å²) in [4.78, 5) is 11.6. The summed E-state index contributed by atoms with van der Waals surface area (Å²) in [5.74, 6) is -1.32. The number of carboxylic acid groups (broad SMARTS) is 1. The molecule has 0 spiro atoms. The molecule has 0 saturated heterocycles. The molecule has 3 rings (SSSR count). The third-order valence-corrected chi connectivity index (χ3v) is 5.93. The van der Waals surface area contributed by atoms with E-state index in [0.717, 1.165) is 11.6 Å². The van der Waals surface area contributed by atoms with Gasteiger partial charge in [0.25, 0.3) is 0 Å². The Morgan fingerprint density at radius 3 is 2.87 bits per heavy atom. The number of ether oxygens (including phenoxy) is 3. The Bertz CT molecular complexity index is 875. The van der Waals surface area contributed by atoms with Crippen LogP contribution >= 0.6 is 0 Å². The van der Waals surface area contributed by atoms with E-state index >= 15 is 0 Å². The van der Waals surface area contributed by atoms with Crippen LogP contribution in [-0.2, 0) is 18.1 Å². The summed E-state index contributed by atoms with van der Waals surface area (Å²) in [5, 5.41) is 25.4. The molecule has 0 atom stereocenters. The first kappa shape index (κ1) is 24.8. The third kappa shape index (κ3) is 6.76. The molecule has 0 saturated carbocycles. The Labute approximate surface area is 198 Å². The molecule has 0 radical (unpaired) electrons. The molecule has 12 heteroatoms. The van der Waals surface area contributed by atoms with E-state index in [1.54, 1.807) is 17.1 Å². The van der Waals surface area contributed by atoms with Crippen molar-refractivity contribution in [3.8, 4) is 17.2 Å². The normalized spacial score (nSPS) is 13.0. The van der Waals surface area contributed by atoms with Crippen LogP contribution in [0.5, 0.6) is 17.2 Å². The molecule has 0 unspecified atom stereocenters. The predicted molar refractivity (Wildman–Crippen MR) is 106 cm³/mol. The molecule has 30 heavy (non-hydrogen) atoms. The maximum absolute atomic E-state index is 11.6. The summed E-state index contributed by atoms with van der Waals surface area (Å²) in [6.07, 6.45) is 3.40. The molecule has 0 aliphatic carbocycles. The van der Waals surface area contributed by atoms with Crippen molar-refractivity contribution < 1.29 is 63.3 Å². The summed E-state index contributed by atoms with van der Waals surface area (Å²) >= 11 is 0. The van der Waals surface area contributed by atoms with E-state index in [-0.39, 0.29) is 65.5 Å². The topological polar surface area (TPSA) is 115 Å². The van der Waals surface area contributed by atoms with Crippen LogP contribution in [0, 0.1) is 0 Å². The zero-order valence-corrected chi connectivity index (χ0v) is 20.7. The van der Waals surface area contributed by atoms with Gasteiger partial charge in [0, 0.05) is 26.4 Å². The minimum atomic E-state index is -1.49. The molecule has 1 aliphatic heterocycles. The molecule has 2 heterocycles. The largest absolute Gasteiger partial charge is 1.00 e. The van der Waals surface area contributed by atoms with E-state index in [4.69, 9.17) is 18.9 Å². The maximum atomic E-state index is 11.6. The first-order valence-electron chi connectivity index (χ1n) is 9.31. The zero-order chi connectivity index (χ0) is 21.0. The number of hydrogen-bond acceptors (Lipinski definition) is 8. The molecule has 1 aromatic heterocycles. The van der Waals surface area contributed by atoms with Crippen LogP contribution in [0.15, 0.2) is 24.5 Å². The summed E-state index contributed by atoms with van der Waals surface area (Å²) in [5.41, 5.74) is 0.446. The second kappa shape index (κ2) is 10.7. The van der Waals surface area contributed by atoms with Crippen LogP contribution in [0.4, 0.5) is 0 Å². The van der Waals surface area contributed by atoms with Crippen LogP contribution in [0.2, 0.25) is 25.7 Å². The van der Waals surface area contributed by atoms with Crippen molar-refractivity contribution in [1.82, 2.24) is 9.78 Å². The van der Waals surface area contributed by atoms with Crippen LogP contribution < -0.4 is 48.8 Å². The molecule has 9 nitrogen and oxygen atoms in total. The van der Waals surface area contributed by atoms with Crippen molar-refractivity contribution in [1.29, 1.82) is 0 Å². The Morgan fingerprint density at radius 2 is 2.17 bits per heavy atom. The summed E-state index contributed by atoms with van der Waals surface area (Å²) in [6, 6.07) is 4.07. The number of fused-ring (bicyclic) bond motifs is 1. The minimum Gasteiger partial charge on any atom is -0.545 e. The van der Waals surface area contributed by atoms with Gasteiger partial charge >= 0.3 is 36.7 Å². The van der Waals surface area contributed by atoms with Crippen LogP contribution in [0.3, 0.4) is 0 Å². The molecular formula is C18H24BN2NaO7Si. The molecule has 1 aliphatic rings. The van der Waals surface area contributed by atoms with Gasteiger partial charge in [0.2, 0.25) is 0 Å². The number of benzene rings is 1. The Kier molecular flexibility index (Phi) is 8.83. The number of aromatic carboxylic acids is 1. The Balaban J connectivity index is 0.00000320. The summed E-state index contributed by atoms with van der Waals surface area (Å²) in [7, 11) is -2.39. The van der Waals surface area contributed by atoms with E-state index in [2.05, 4.69) is 24.7 Å². The van der Waals surface area contributed by atoms with Crippen molar-refractivity contribution in [2.75, 3.05) is 13.1 Å². The van der Waals surface area contributed by atoms with Crippen molar-refractivity contribution in [2.45, 2.75) is 39.0 Å². The van der Waals surface area contributed by atoms with E-state index in [0.29, 0.717) is 13.3 Å². The van der Waals surface area contributed by atoms with Gasteiger partial charge in [-0.25, -0.2) is 4.68 Å². The standard InChI is InChI=1S/C18H25BN2O7Si.Na/c1-29(2,3)7-6-25-12-21-9-13(8-20-21)10-26-14-4-5-15-17(16(14)18(22)23)28-19(24)11-27-15;/h4-5,8-9,24H,6-7,10-12H2,1-3H3,(H,22,23);/q;+1/p-1. The predicted octanol–water partition coefficient (Wildman–Crippen LogP) is -2.07. The SMILES string of the molecule is C[Si](C)(C)CCOCn1cc(COc2ccc3c(c2C(=O)[O-])OB(O)CO3)cn1.[Na+]. The van der Waals surface area contributed by atoms with Gasteiger partial charge in [0.15, 0.2) is 11.5 Å². The van der Waals surface area contributed by atoms with Gasteiger partial charge in [-0.15, -0.1) is 0 Å². The molecule has 1 N–H and O–H groups in total. The molecule has 156 valence electrons. The number of rotatable bonds is 9. The van der Waals surface area contributed by atoms with Crippen molar-refractivity contribution in [3.63, 3.8) is 0 Å².